The zero-order chi connectivity index (χ0) is 15.6. The van der Waals surface area contributed by atoms with Crippen molar-refractivity contribution in [3.63, 3.8) is 0 Å². The van der Waals surface area contributed by atoms with Crippen LogP contribution in [0.15, 0.2) is 35.8 Å². The average molecular weight is 316 g/mol. The number of carbonyl (C=O) groups is 2. The summed E-state index contributed by atoms with van der Waals surface area (Å²) in [6, 6.07) is 5.98. The minimum Gasteiger partial charge on any atom is -0.478 e. The molecule has 2 aromatic rings. The van der Waals surface area contributed by atoms with E-state index in [1.165, 1.54) is 12.1 Å². The van der Waals surface area contributed by atoms with Crippen molar-refractivity contribution in [3.8, 4) is 0 Å². The van der Waals surface area contributed by atoms with E-state index < -0.39 is 5.97 Å². The van der Waals surface area contributed by atoms with E-state index in [4.69, 9.17) is 5.11 Å². The molecule has 1 aliphatic carbocycles. The second-order valence-electron chi connectivity index (χ2n) is 5.46. The van der Waals surface area contributed by atoms with Gasteiger partial charge >= 0.3 is 5.97 Å². The van der Waals surface area contributed by atoms with E-state index in [0.717, 1.165) is 30.7 Å². The van der Waals surface area contributed by atoms with Crippen LogP contribution in [0.3, 0.4) is 0 Å². The van der Waals surface area contributed by atoms with Crippen molar-refractivity contribution in [1.82, 2.24) is 10.3 Å². The number of hydrogen-bond donors (Lipinski definition) is 2. The van der Waals surface area contributed by atoms with Crippen molar-refractivity contribution >= 4 is 23.2 Å². The number of thiazole rings is 1. The fraction of sp³-hybridized carbons (Fsp3) is 0.312. The molecule has 1 aromatic heterocycles. The standard InChI is InChI=1S/C16H16N2O3S/c19-13(11-3-5-12(6-4-11)14(20)21)18-16(7-1-2-8-16)15-17-9-10-22-15/h3-6,9-10H,1-2,7-8H2,(H,18,19)(H,20,21). The molecule has 1 heterocycles. The van der Waals surface area contributed by atoms with E-state index in [0.29, 0.717) is 5.56 Å². The molecule has 1 aromatic carbocycles. The first-order valence-electron chi connectivity index (χ1n) is 7.17. The van der Waals surface area contributed by atoms with Crippen molar-refractivity contribution < 1.29 is 14.7 Å². The maximum absolute atomic E-state index is 12.5. The third-order valence-corrected chi connectivity index (χ3v) is 5.02. The highest BCUT2D eigenvalue weighted by Gasteiger charge is 2.39. The molecule has 1 amide bonds. The third-order valence-electron chi connectivity index (χ3n) is 4.05. The van der Waals surface area contributed by atoms with Crippen LogP contribution < -0.4 is 5.32 Å². The molecule has 0 radical (unpaired) electrons. The average Bonchev–Trinajstić information content (AvgIpc) is 3.19. The van der Waals surface area contributed by atoms with E-state index in [9.17, 15) is 9.59 Å². The van der Waals surface area contributed by atoms with Gasteiger partial charge < -0.3 is 10.4 Å². The summed E-state index contributed by atoms with van der Waals surface area (Å²) in [5.74, 6) is -1.18. The molecule has 0 bridgehead atoms. The molecule has 0 aliphatic heterocycles. The summed E-state index contributed by atoms with van der Waals surface area (Å²) >= 11 is 1.56. The van der Waals surface area contributed by atoms with Gasteiger partial charge in [0.25, 0.3) is 5.91 Å². The number of nitrogens with zero attached hydrogens (tertiary/aromatic N) is 1. The number of benzene rings is 1. The molecule has 1 aliphatic rings. The van der Waals surface area contributed by atoms with Gasteiger partial charge in [-0.05, 0) is 37.1 Å². The predicted octanol–water partition coefficient (Wildman–Crippen LogP) is 3.04. The van der Waals surface area contributed by atoms with Crippen LogP contribution in [0.5, 0.6) is 0 Å². The van der Waals surface area contributed by atoms with E-state index >= 15 is 0 Å². The molecule has 2 N–H and O–H groups in total. The number of carbonyl (C=O) groups excluding carboxylic acids is 1. The zero-order valence-electron chi connectivity index (χ0n) is 11.9. The van der Waals surface area contributed by atoms with E-state index in [2.05, 4.69) is 10.3 Å². The van der Waals surface area contributed by atoms with Gasteiger partial charge in [0, 0.05) is 17.1 Å². The lowest BCUT2D eigenvalue weighted by Gasteiger charge is -2.28. The molecule has 0 atom stereocenters. The smallest absolute Gasteiger partial charge is 0.335 e. The summed E-state index contributed by atoms with van der Waals surface area (Å²) in [5.41, 5.74) is 0.261. The summed E-state index contributed by atoms with van der Waals surface area (Å²) < 4.78 is 0. The van der Waals surface area contributed by atoms with E-state index in [-0.39, 0.29) is 17.0 Å². The normalized spacial score (nSPS) is 16.4. The minimum absolute atomic E-state index is 0.173. The minimum atomic E-state index is -0.998. The Morgan fingerprint density at radius 1 is 1.14 bits per heavy atom. The summed E-state index contributed by atoms with van der Waals surface area (Å²) in [7, 11) is 0. The van der Waals surface area contributed by atoms with Crippen LogP contribution in [0.2, 0.25) is 0 Å². The Balaban J connectivity index is 1.81. The Labute approximate surface area is 132 Å². The first kappa shape index (κ1) is 14.7. The molecule has 0 unspecified atom stereocenters. The van der Waals surface area contributed by atoms with Crippen LogP contribution in [0, 0.1) is 0 Å². The number of nitrogens with one attached hydrogen (secondary N) is 1. The fourth-order valence-electron chi connectivity index (χ4n) is 2.88. The maximum Gasteiger partial charge on any atom is 0.335 e. The number of aromatic nitrogens is 1. The third kappa shape index (κ3) is 2.74. The fourth-order valence-corrected chi connectivity index (χ4v) is 3.74. The van der Waals surface area contributed by atoms with Gasteiger partial charge in [-0.2, -0.15) is 0 Å². The molecule has 1 saturated carbocycles. The second-order valence-corrected chi connectivity index (χ2v) is 6.36. The van der Waals surface area contributed by atoms with Gasteiger partial charge in [0.1, 0.15) is 5.01 Å². The highest BCUT2D eigenvalue weighted by molar-refractivity contribution is 7.09. The maximum atomic E-state index is 12.5. The van der Waals surface area contributed by atoms with Crippen molar-refractivity contribution in [3.05, 3.63) is 52.0 Å². The summed E-state index contributed by atoms with van der Waals surface area (Å²) in [6.45, 7) is 0. The Hall–Kier alpha value is -2.21. The second kappa shape index (κ2) is 5.88. The van der Waals surface area contributed by atoms with Crippen LogP contribution in [0.1, 0.15) is 51.4 Å². The molecule has 6 heteroatoms. The molecular formula is C16H16N2O3S. The number of rotatable bonds is 4. The van der Waals surface area contributed by atoms with Gasteiger partial charge in [-0.1, -0.05) is 12.8 Å². The van der Waals surface area contributed by atoms with Gasteiger partial charge in [-0.3, -0.25) is 4.79 Å². The first-order valence-corrected chi connectivity index (χ1v) is 8.04. The SMILES string of the molecule is O=C(O)c1ccc(C(=O)NC2(c3nccs3)CCCC2)cc1. The van der Waals surface area contributed by atoms with Gasteiger partial charge in [-0.15, -0.1) is 11.3 Å². The summed E-state index contributed by atoms with van der Waals surface area (Å²) in [5, 5.41) is 14.9. The molecule has 114 valence electrons. The van der Waals surface area contributed by atoms with Crippen molar-refractivity contribution in [2.24, 2.45) is 0 Å². The lowest BCUT2D eigenvalue weighted by molar-refractivity contribution is 0.0696. The molecule has 1 fully saturated rings. The lowest BCUT2D eigenvalue weighted by Crippen LogP contribution is -2.43. The topological polar surface area (TPSA) is 79.3 Å². The number of aromatic carboxylic acids is 1. The Morgan fingerprint density at radius 3 is 2.32 bits per heavy atom. The highest BCUT2D eigenvalue weighted by Crippen LogP contribution is 2.39. The zero-order valence-corrected chi connectivity index (χ0v) is 12.7. The van der Waals surface area contributed by atoms with Crippen LogP contribution in [0.25, 0.3) is 0 Å². The van der Waals surface area contributed by atoms with Gasteiger partial charge in [0.05, 0.1) is 11.1 Å². The van der Waals surface area contributed by atoms with Gasteiger partial charge in [0.15, 0.2) is 0 Å². The Kier molecular flexibility index (Phi) is 3.94. The van der Waals surface area contributed by atoms with Crippen LogP contribution >= 0.6 is 11.3 Å². The van der Waals surface area contributed by atoms with Crippen LogP contribution in [-0.2, 0) is 5.54 Å². The van der Waals surface area contributed by atoms with Gasteiger partial charge in [0.2, 0.25) is 0 Å². The van der Waals surface area contributed by atoms with Gasteiger partial charge in [-0.25, -0.2) is 9.78 Å². The molecule has 3 rings (SSSR count). The first-order chi connectivity index (χ1) is 10.6. The Morgan fingerprint density at radius 2 is 1.77 bits per heavy atom. The molecular weight excluding hydrogens is 300 g/mol. The molecule has 5 nitrogen and oxygen atoms in total. The predicted molar refractivity (Wildman–Crippen MR) is 83.1 cm³/mol. The van der Waals surface area contributed by atoms with Crippen molar-refractivity contribution in [1.29, 1.82) is 0 Å². The molecule has 22 heavy (non-hydrogen) atoms. The van der Waals surface area contributed by atoms with Crippen LogP contribution in [-0.4, -0.2) is 22.0 Å². The van der Waals surface area contributed by atoms with E-state index in [1.807, 2.05) is 5.38 Å². The van der Waals surface area contributed by atoms with Crippen LogP contribution in [0.4, 0.5) is 0 Å². The molecule has 0 saturated heterocycles. The number of carboxylic acids is 1. The summed E-state index contributed by atoms with van der Waals surface area (Å²) in [4.78, 5) is 27.7. The monoisotopic (exact) mass is 316 g/mol. The number of carboxylic acid groups (broad SMARTS) is 1. The quantitative estimate of drug-likeness (QED) is 0.908. The largest absolute Gasteiger partial charge is 0.478 e. The van der Waals surface area contributed by atoms with E-state index in [1.54, 1.807) is 29.7 Å². The van der Waals surface area contributed by atoms with Crippen molar-refractivity contribution in [2.45, 2.75) is 31.2 Å². The Bertz CT molecular complexity index is 674. The van der Waals surface area contributed by atoms with Crippen molar-refractivity contribution in [2.75, 3.05) is 0 Å². The number of hydrogen-bond acceptors (Lipinski definition) is 4. The number of amides is 1. The lowest BCUT2D eigenvalue weighted by atomic mass is 9.97. The molecule has 0 spiro atoms. The highest BCUT2D eigenvalue weighted by atomic mass is 32.1. The summed E-state index contributed by atoms with van der Waals surface area (Å²) in [6.07, 6.45) is 5.67.